The molecular formula is C29H30N2O6S. The normalized spacial score (nSPS) is 16.6. The van der Waals surface area contributed by atoms with E-state index in [1.54, 1.807) is 18.2 Å². The first-order chi connectivity index (χ1) is 18.5. The second kappa shape index (κ2) is 11.0. The van der Waals surface area contributed by atoms with Crippen LogP contribution in [-0.4, -0.2) is 74.8 Å². The third-order valence-electron chi connectivity index (χ3n) is 7.00. The SMILES string of the molecule is COc1cc(C(=O)/C=C/c2ccc(C(=O)N3CCN(Cc4ccccc4)C34COC4)s2)cc(OC)c1OC. The van der Waals surface area contributed by atoms with Crippen LogP contribution in [-0.2, 0) is 11.3 Å². The summed E-state index contributed by atoms with van der Waals surface area (Å²) in [4.78, 5) is 32.2. The summed E-state index contributed by atoms with van der Waals surface area (Å²) in [6.45, 7) is 3.23. The molecule has 0 aliphatic carbocycles. The van der Waals surface area contributed by atoms with E-state index >= 15 is 0 Å². The number of nitrogens with zero attached hydrogens (tertiary/aromatic N) is 2. The zero-order valence-electron chi connectivity index (χ0n) is 21.6. The van der Waals surface area contributed by atoms with E-state index in [4.69, 9.17) is 18.9 Å². The Bertz CT molecular complexity index is 1320. The quantitative estimate of drug-likeness (QED) is 0.298. The fourth-order valence-corrected chi connectivity index (χ4v) is 5.78. The lowest BCUT2D eigenvalue weighted by Gasteiger charge is -2.49. The number of benzene rings is 2. The van der Waals surface area contributed by atoms with Crippen molar-refractivity contribution >= 4 is 29.1 Å². The first-order valence-corrected chi connectivity index (χ1v) is 13.1. The number of carbonyl (C=O) groups excluding carboxylic acids is 2. The van der Waals surface area contributed by atoms with Gasteiger partial charge in [-0.2, -0.15) is 0 Å². The molecule has 0 N–H and O–H groups in total. The smallest absolute Gasteiger partial charge is 0.265 e. The third kappa shape index (κ3) is 4.80. The Balaban J connectivity index is 1.29. The maximum absolute atomic E-state index is 13.6. The van der Waals surface area contributed by atoms with Crippen LogP contribution in [0.2, 0.25) is 0 Å². The lowest BCUT2D eigenvalue weighted by Crippen LogP contribution is -2.67. The number of hydrogen-bond acceptors (Lipinski definition) is 8. The monoisotopic (exact) mass is 534 g/mol. The van der Waals surface area contributed by atoms with Crippen molar-refractivity contribution in [3.8, 4) is 17.2 Å². The predicted octanol–water partition coefficient (Wildman–Crippen LogP) is 4.35. The fourth-order valence-electron chi connectivity index (χ4n) is 4.92. The van der Waals surface area contributed by atoms with Gasteiger partial charge in [0.1, 0.15) is 5.66 Å². The van der Waals surface area contributed by atoms with E-state index in [-0.39, 0.29) is 11.7 Å². The van der Waals surface area contributed by atoms with Crippen LogP contribution in [0.4, 0.5) is 0 Å². The number of rotatable bonds is 9. The number of carbonyl (C=O) groups is 2. The number of ketones is 1. The van der Waals surface area contributed by atoms with Gasteiger partial charge < -0.3 is 23.8 Å². The zero-order valence-corrected chi connectivity index (χ0v) is 22.5. The summed E-state index contributed by atoms with van der Waals surface area (Å²) in [5.41, 5.74) is 1.22. The van der Waals surface area contributed by atoms with Crippen LogP contribution in [0.5, 0.6) is 17.2 Å². The molecule has 38 heavy (non-hydrogen) atoms. The van der Waals surface area contributed by atoms with Crippen molar-refractivity contribution in [1.82, 2.24) is 9.80 Å². The van der Waals surface area contributed by atoms with Gasteiger partial charge >= 0.3 is 0 Å². The number of ether oxygens (including phenoxy) is 4. The highest BCUT2D eigenvalue weighted by molar-refractivity contribution is 7.14. The molecule has 2 aliphatic heterocycles. The van der Waals surface area contributed by atoms with Crippen molar-refractivity contribution in [2.45, 2.75) is 12.2 Å². The molecule has 1 amide bonds. The molecule has 3 heterocycles. The van der Waals surface area contributed by atoms with Crippen molar-refractivity contribution in [3.63, 3.8) is 0 Å². The van der Waals surface area contributed by atoms with Crippen LogP contribution in [0.15, 0.2) is 60.7 Å². The van der Waals surface area contributed by atoms with E-state index in [9.17, 15) is 9.59 Å². The molecule has 5 rings (SSSR count). The predicted molar refractivity (Wildman–Crippen MR) is 145 cm³/mol. The number of allylic oxidation sites excluding steroid dienone is 1. The number of methoxy groups -OCH3 is 3. The van der Waals surface area contributed by atoms with E-state index in [0.717, 1.165) is 18.0 Å². The van der Waals surface area contributed by atoms with Gasteiger partial charge in [0.15, 0.2) is 17.3 Å². The van der Waals surface area contributed by atoms with Crippen LogP contribution in [0, 0.1) is 0 Å². The fraction of sp³-hybridized carbons (Fsp3) is 0.310. The highest BCUT2D eigenvalue weighted by Crippen LogP contribution is 2.39. The van der Waals surface area contributed by atoms with Gasteiger partial charge in [-0.05, 0) is 42.0 Å². The molecule has 2 aliphatic rings. The van der Waals surface area contributed by atoms with Crippen molar-refractivity contribution in [1.29, 1.82) is 0 Å². The van der Waals surface area contributed by atoms with Crippen molar-refractivity contribution in [2.24, 2.45) is 0 Å². The van der Waals surface area contributed by atoms with Gasteiger partial charge in [0.05, 0.1) is 39.4 Å². The molecule has 3 aromatic rings. The molecule has 8 nitrogen and oxygen atoms in total. The molecule has 0 bridgehead atoms. The number of amides is 1. The third-order valence-corrected chi connectivity index (χ3v) is 8.04. The highest BCUT2D eigenvalue weighted by atomic mass is 32.1. The first-order valence-electron chi connectivity index (χ1n) is 12.3. The van der Waals surface area contributed by atoms with Crippen molar-refractivity contribution in [2.75, 3.05) is 47.6 Å². The molecule has 198 valence electrons. The van der Waals surface area contributed by atoms with Crippen molar-refractivity contribution in [3.05, 3.63) is 81.6 Å². The minimum atomic E-state index is -0.407. The Morgan fingerprint density at radius 2 is 1.68 bits per heavy atom. The minimum Gasteiger partial charge on any atom is -0.493 e. The number of thiophene rings is 1. The number of hydrogen-bond donors (Lipinski definition) is 0. The van der Waals surface area contributed by atoms with E-state index in [2.05, 4.69) is 17.0 Å². The van der Waals surface area contributed by atoms with Crippen LogP contribution in [0.25, 0.3) is 6.08 Å². The summed E-state index contributed by atoms with van der Waals surface area (Å²) >= 11 is 1.37. The van der Waals surface area contributed by atoms with Gasteiger partial charge in [-0.15, -0.1) is 11.3 Å². The van der Waals surface area contributed by atoms with Gasteiger partial charge in [0.2, 0.25) is 5.75 Å². The van der Waals surface area contributed by atoms with E-state index in [1.165, 1.54) is 44.3 Å². The van der Waals surface area contributed by atoms with Gasteiger partial charge in [0, 0.05) is 30.1 Å². The summed E-state index contributed by atoms with van der Waals surface area (Å²) in [7, 11) is 4.53. The largest absolute Gasteiger partial charge is 0.493 e. The molecule has 2 fully saturated rings. The van der Waals surface area contributed by atoms with E-state index in [0.29, 0.717) is 47.4 Å². The van der Waals surface area contributed by atoms with Gasteiger partial charge in [-0.1, -0.05) is 30.3 Å². The molecule has 0 radical (unpaired) electrons. The van der Waals surface area contributed by atoms with E-state index in [1.807, 2.05) is 35.2 Å². The second-order valence-corrected chi connectivity index (χ2v) is 10.3. The Morgan fingerprint density at radius 3 is 2.29 bits per heavy atom. The molecule has 2 saturated heterocycles. The Hall–Kier alpha value is -3.66. The average Bonchev–Trinajstić information content (AvgIpc) is 3.56. The Labute approximate surface area is 226 Å². The summed E-state index contributed by atoms with van der Waals surface area (Å²) in [6, 6.07) is 17.2. The lowest BCUT2D eigenvalue weighted by atomic mass is 10.0. The van der Waals surface area contributed by atoms with Crippen LogP contribution in [0.1, 0.15) is 30.5 Å². The molecule has 0 unspecified atom stereocenters. The Morgan fingerprint density at radius 1 is 0.974 bits per heavy atom. The van der Waals surface area contributed by atoms with Gasteiger partial charge in [0.25, 0.3) is 5.91 Å². The average molecular weight is 535 g/mol. The van der Waals surface area contributed by atoms with Crippen molar-refractivity contribution < 1.29 is 28.5 Å². The van der Waals surface area contributed by atoms with E-state index < -0.39 is 5.66 Å². The second-order valence-electron chi connectivity index (χ2n) is 9.15. The molecule has 2 aromatic carbocycles. The molecular weight excluding hydrogens is 504 g/mol. The minimum absolute atomic E-state index is 0.00975. The molecule has 1 spiro atoms. The summed E-state index contributed by atoms with van der Waals surface area (Å²) in [5.74, 6) is 1.02. The van der Waals surface area contributed by atoms with Crippen LogP contribution in [0.3, 0.4) is 0 Å². The lowest BCUT2D eigenvalue weighted by molar-refractivity contribution is -0.176. The zero-order chi connectivity index (χ0) is 26.7. The Kier molecular flexibility index (Phi) is 7.51. The molecule has 1 aromatic heterocycles. The van der Waals surface area contributed by atoms with Gasteiger partial charge in [-0.25, -0.2) is 0 Å². The molecule has 0 atom stereocenters. The van der Waals surface area contributed by atoms with Crippen LogP contribution >= 0.6 is 11.3 Å². The first kappa shape index (κ1) is 26.0. The molecule has 9 heteroatoms. The maximum Gasteiger partial charge on any atom is 0.265 e. The summed E-state index contributed by atoms with van der Waals surface area (Å²) in [5, 5.41) is 0. The van der Waals surface area contributed by atoms with Crippen LogP contribution < -0.4 is 14.2 Å². The maximum atomic E-state index is 13.6. The molecule has 0 saturated carbocycles. The topological polar surface area (TPSA) is 77.5 Å². The highest BCUT2D eigenvalue weighted by Gasteiger charge is 2.54. The van der Waals surface area contributed by atoms with Gasteiger partial charge in [-0.3, -0.25) is 14.5 Å². The summed E-state index contributed by atoms with van der Waals surface area (Å²) in [6.07, 6.45) is 3.21. The summed E-state index contributed by atoms with van der Waals surface area (Å²) < 4.78 is 21.6. The standard InChI is InChI=1S/C29H30N2O6S/c1-34-24-15-21(16-25(35-2)27(24)36-3)23(32)11-9-22-10-12-26(38-22)28(33)31-14-13-30(29(31)18-37-19-29)17-20-7-5-4-6-8-20/h4-12,15-16H,13-14,17-19H2,1-3H3/b11-9+.